The minimum Gasteiger partial charge on any atom is -0.467 e. The Kier molecular flexibility index (Phi) is 2.93. The highest BCUT2D eigenvalue weighted by molar-refractivity contribution is 7.80. The van der Waals surface area contributed by atoms with Crippen LogP contribution >= 0.6 is 12.2 Å². The molecule has 0 aromatic heterocycles. The predicted octanol–water partition coefficient (Wildman–Crippen LogP) is 3.07. The fraction of sp³-hybridized carbons (Fsp3) is 0.533. The van der Waals surface area contributed by atoms with Crippen LogP contribution in [0.3, 0.4) is 0 Å². The van der Waals surface area contributed by atoms with Crippen LogP contribution in [-0.4, -0.2) is 22.3 Å². The van der Waals surface area contributed by atoms with Crippen molar-refractivity contribution in [2.45, 2.75) is 39.0 Å². The number of rotatable bonds is 2. The van der Waals surface area contributed by atoms with Crippen LogP contribution in [0.25, 0.3) is 0 Å². The highest BCUT2D eigenvalue weighted by Gasteiger charge is 2.52. The molecule has 2 aliphatic heterocycles. The Bertz CT molecular complexity index is 519. The molecule has 0 saturated carbocycles. The van der Waals surface area contributed by atoms with Gasteiger partial charge in [0.1, 0.15) is 5.75 Å². The Morgan fingerprint density at radius 2 is 2.16 bits per heavy atom. The summed E-state index contributed by atoms with van der Waals surface area (Å²) in [5.74, 6) is 1.32. The molecule has 1 aromatic carbocycles. The third-order valence-corrected chi connectivity index (χ3v) is 4.76. The molecule has 2 bridgehead atoms. The minimum absolute atomic E-state index is 0.246. The van der Waals surface area contributed by atoms with Crippen molar-refractivity contribution < 1.29 is 4.74 Å². The summed E-state index contributed by atoms with van der Waals surface area (Å²) in [5.41, 5.74) is 0.864. The zero-order valence-corrected chi connectivity index (χ0v) is 12.5. The van der Waals surface area contributed by atoms with Crippen molar-refractivity contribution in [3.63, 3.8) is 0 Å². The molecule has 1 N–H and O–H groups in total. The number of nitrogens with zero attached hydrogens (tertiary/aromatic N) is 1. The van der Waals surface area contributed by atoms with Crippen LogP contribution in [0.2, 0.25) is 0 Å². The van der Waals surface area contributed by atoms with Gasteiger partial charge in [-0.1, -0.05) is 32.0 Å². The van der Waals surface area contributed by atoms with E-state index in [4.69, 9.17) is 17.0 Å². The molecular weight excluding hydrogens is 256 g/mol. The first-order chi connectivity index (χ1) is 9.08. The lowest BCUT2D eigenvalue weighted by Crippen LogP contribution is -2.68. The molecule has 0 spiro atoms. The summed E-state index contributed by atoms with van der Waals surface area (Å²) < 4.78 is 6.34. The van der Waals surface area contributed by atoms with E-state index in [1.165, 1.54) is 5.56 Å². The molecule has 2 heterocycles. The average Bonchev–Trinajstić information content (AvgIpc) is 2.39. The summed E-state index contributed by atoms with van der Waals surface area (Å²) in [6.45, 7) is 7.47. The van der Waals surface area contributed by atoms with Crippen LogP contribution in [-0.2, 0) is 0 Å². The summed E-state index contributed by atoms with van der Waals surface area (Å²) in [6, 6.07) is 8.50. The van der Waals surface area contributed by atoms with Gasteiger partial charge in [0.15, 0.2) is 10.8 Å². The van der Waals surface area contributed by atoms with Gasteiger partial charge >= 0.3 is 0 Å². The molecule has 1 saturated heterocycles. The molecule has 3 nitrogen and oxygen atoms in total. The van der Waals surface area contributed by atoms with Gasteiger partial charge in [0.05, 0.1) is 6.04 Å². The largest absolute Gasteiger partial charge is 0.467 e. The first-order valence-corrected chi connectivity index (χ1v) is 7.35. The molecule has 0 amide bonds. The number of hydrogen-bond donors (Lipinski definition) is 1. The molecule has 0 aliphatic carbocycles. The highest BCUT2D eigenvalue weighted by Crippen LogP contribution is 2.47. The topological polar surface area (TPSA) is 24.5 Å². The first-order valence-electron chi connectivity index (χ1n) is 6.94. The standard InChI is InChI=1S/C15H20N2OS/c1-4-9-17-14(19)16-13-10(2)15(17,3)18-12-8-6-5-7-11(12)13/h5-8,10,13H,4,9H2,1-3H3,(H,16,19). The highest BCUT2D eigenvalue weighted by atomic mass is 32.1. The number of fused-ring (bicyclic) bond motifs is 4. The number of ether oxygens (including phenoxy) is 1. The van der Waals surface area contributed by atoms with Gasteiger partial charge in [-0.05, 0) is 31.6 Å². The molecule has 3 unspecified atom stereocenters. The van der Waals surface area contributed by atoms with Crippen LogP contribution in [0, 0.1) is 5.92 Å². The average molecular weight is 276 g/mol. The Balaban J connectivity index is 2.08. The SMILES string of the molecule is CCCN1C(=S)NC2c3ccccc3OC1(C)C2C. The summed E-state index contributed by atoms with van der Waals surface area (Å²) in [6.07, 6.45) is 1.06. The van der Waals surface area contributed by atoms with Gasteiger partial charge in [0.2, 0.25) is 0 Å². The molecule has 2 aliphatic rings. The lowest BCUT2D eigenvalue weighted by Gasteiger charge is -2.56. The normalized spacial score (nSPS) is 32.4. The Hall–Kier alpha value is -1.29. The number of hydrogen-bond acceptors (Lipinski definition) is 2. The van der Waals surface area contributed by atoms with Gasteiger partial charge < -0.3 is 15.0 Å². The lowest BCUT2D eigenvalue weighted by molar-refractivity contribution is -0.110. The van der Waals surface area contributed by atoms with E-state index in [2.05, 4.69) is 43.1 Å². The minimum atomic E-state index is -0.350. The second-order valence-corrected chi connectivity index (χ2v) is 5.95. The monoisotopic (exact) mass is 276 g/mol. The fourth-order valence-corrected chi connectivity index (χ4v) is 3.59. The molecule has 1 aromatic rings. The zero-order chi connectivity index (χ0) is 13.6. The molecule has 1 fully saturated rings. The predicted molar refractivity (Wildman–Crippen MR) is 80.1 cm³/mol. The number of thiocarbonyl (C=S) groups is 1. The maximum atomic E-state index is 6.34. The second kappa shape index (κ2) is 4.37. The van der Waals surface area contributed by atoms with Crippen molar-refractivity contribution in [1.29, 1.82) is 0 Å². The molecular formula is C15H20N2OS. The molecule has 3 rings (SSSR count). The van der Waals surface area contributed by atoms with Gasteiger partial charge in [-0.25, -0.2) is 0 Å². The van der Waals surface area contributed by atoms with Crippen molar-refractivity contribution in [3.8, 4) is 5.75 Å². The van der Waals surface area contributed by atoms with Crippen LogP contribution in [0.1, 0.15) is 38.8 Å². The van der Waals surface area contributed by atoms with Crippen LogP contribution < -0.4 is 10.1 Å². The summed E-state index contributed by atoms with van der Waals surface area (Å²) >= 11 is 5.54. The number of benzene rings is 1. The van der Waals surface area contributed by atoms with E-state index in [9.17, 15) is 0 Å². The van der Waals surface area contributed by atoms with Crippen molar-refractivity contribution >= 4 is 17.3 Å². The van der Waals surface area contributed by atoms with Gasteiger partial charge in [-0.3, -0.25) is 0 Å². The van der Waals surface area contributed by atoms with Crippen molar-refractivity contribution in [2.24, 2.45) is 5.92 Å². The van der Waals surface area contributed by atoms with E-state index in [1.54, 1.807) is 0 Å². The summed E-state index contributed by atoms with van der Waals surface area (Å²) in [7, 11) is 0. The zero-order valence-electron chi connectivity index (χ0n) is 11.6. The third-order valence-electron chi connectivity index (χ3n) is 4.42. The van der Waals surface area contributed by atoms with Crippen LogP contribution in [0.4, 0.5) is 0 Å². The van der Waals surface area contributed by atoms with E-state index in [0.717, 1.165) is 23.8 Å². The molecule has 102 valence electrons. The number of nitrogens with one attached hydrogen (secondary N) is 1. The van der Waals surface area contributed by atoms with Gasteiger partial charge in [-0.15, -0.1) is 0 Å². The van der Waals surface area contributed by atoms with Gasteiger partial charge in [0.25, 0.3) is 0 Å². The third kappa shape index (κ3) is 1.73. The second-order valence-electron chi connectivity index (χ2n) is 5.56. The van der Waals surface area contributed by atoms with Crippen LogP contribution in [0.15, 0.2) is 24.3 Å². The maximum Gasteiger partial charge on any atom is 0.186 e. The number of para-hydroxylation sites is 1. The van der Waals surface area contributed by atoms with Crippen molar-refractivity contribution in [1.82, 2.24) is 10.2 Å². The van der Waals surface area contributed by atoms with E-state index < -0.39 is 0 Å². The molecule has 4 heteroatoms. The van der Waals surface area contributed by atoms with Crippen molar-refractivity contribution in [2.75, 3.05) is 6.54 Å². The summed E-state index contributed by atoms with van der Waals surface area (Å²) in [5, 5.41) is 4.30. The molecule has 0 radical (unpaired) electrons. The first kappa shape index (κ1) is 12.7. The lowest BCUT2D eigenvalue weighted by atomic mass is 9.81. The molecule has 19 heavy (non-hydrogen) atoms. The Labute approximate surface area is 119 Å². The Morgan fingerprint density at radius 3 is 2.89 bits per heavy atom. The van der Waals surface area contributed by atoms with Gasteiger partial charge in [0, 0.05) is 18.0 Å². The molecule has 3 atom stereocenters. The van der Waals surface area contributed by atoms with E-state index in [-0.39, 0.29) is 11.8 Å². The van der Waals surface area contributed by atoms with Crippen molar-refractivity contribution in [3.05, 3.63) is 29.8 Å². The Morgan fingerprint density at radius 1 is 1.42 bits per heavy atom. The maximum absolute atomic E-state index is 6.34. The summed E-state index contributed by atoms with van der Waals surface area (Å²) in [4.78, 5) is 2.19. The quantitative estimate of drug-likeness (QED) is 0.839. The van der Waals surface area contributed by atoms with E-state index in [0.29, 0.717) is 5.92 Å². The van der Waals surface area contributed by atoms with Crippen LogP contribution in [0.5, 0.6) is 5.75 Å². The van der Waals surface area contributed by atoms with E-state index >= 15 is 0 Å². The van der Waals surface area contributed by atoms with E-state index in [1.807, 2.05) is 12.1 Å². The smallest absolute Gasteiger partial charge is 0.186 e. The van der Waals surface area contributed by atoms with Gasteiger partial charge in [-0.2, -0.15) is 0 Å². The fourth-order valence-electron chi connectivity index (χ4n) is 3.19.